The number of phenolic OH excluding ortho intramolecular Hbond substituents is 4. The molecule has 0 bridgehead atoms. The molecule has 322 valence electrons. The monoisotopic (exact) mass is 845 g/mol. The molecule has 3 heterocycles. The second kappa shape index (κ2) is 18.4. The zero-order chi connectivity index (χ0) is 43.4. The topological polar surface area (TPSA) is 342 Å². The summed E-state index contributed by atoms with van der Waals surface area (Å²) in [5.41, 5.74) is 0.774. The molecule has 21 heteroatoms. The maximum absolute atomic E-state index is 12.5. The maximum atomic E-state index is 12.5. The molecule has 3 aliphatic heterocycles. The van der Waals surface area contributed by atoms with Crippen LogP contribution in [0.2, 0.25) is 0 Å². The van der Waals surface area contributed by atoms with Crippen LogP contribution in [0, 0.1) is 0 Å². The van der Waals surface area contributed by atoms with E-state index in [0.717, 1.165) is 12.1 Å². The van der Waals surface area contributed by atoms with E-state index >= 15 is 0 Å². The number of phenols is 4. The molecule has 3 aromatic carbocycles. The Morgan fingerprint density at radius 2 is 1.30 bits per heavy atom. The summed E-state index contributed by atoms with van der Waals surface area (Å²) in [4.78, 5) is 35.2. The molecule has 6 rings (SSSR count). The van der Waals surface area contributed by atoms with Crippen molar-refractivity contribution < 1.29 is 104 Å². The molecule has 11 unspecified atom stereocenters. The Morgan fingerprint density at radius 1 is 0.683 bits per heavy atom. The van der Waals surface area contributed by atoms with E-state index in [0.29, 0.717) is 11.1 Å². The van der Waals surface area contributed by atoms with Crippen molar-refractivity contribution in [3.05, 3.63) is 83.1 Å². The third kappa shape index (κ3) is 9.98. The number of carboxylic acid groups (broad SMARTS) is 1. The minimum atomic E-state index is -1.93. The van der Waals surface area contributed by atoms with E-state index in [1.165, 1.54) is 60.7 Å². The fraction of sp³-hybridized carbons (Fsp3) is 0.359. The Hall–Kier alpha value is -6.17. The molecule has 0 radical (unpaired) electrons. The SMILES string of the molecule is O=C(O)CC(=O)OCC1OC(Oc2cc(O)cc3c2C=C(OC2OC(COC(=O)C=Cc4ccc(O)c(O)c4)C(O)C(O)C2O)C(c2ccc(O)cc2)[OH+]3)C(O)C(O)C1O. The van der Waals surface area contributed by atoms with Crippen molar-refractivity contribution in [3.8, 4) is 34.5 Å². The number of benzene rings is 3. The molecule has 0 aliphatic carbocycles. The Balaban J connectivity index is 1.25. The number of aliphatic carboxylic acids is 1. The van der Waals surface area contributed by atoms with Gasteiger partial charge >= 0.3 is 17.9 Å². The van der Waals surface area contributed by atoms with Gasteiger partial charge in [0.05, 0.1) is 11.6 Å². The van der Waals surface area contributed by atoms with E-state index < -0.39 is 117 Å². The predicted molar refractivity (Wildman–Crippen MR) is 197 cm³/mol. The number of carbonyl (C=O) groups excluding carboxylic acids is 2. The molecule has 2 fully saturated rings. The number of hydrogen-bond donors (Lipinski definition) is 11. The highest BCUT2D eigenvalue weighted by atomic mass is 16.7. The summed E-state index contributed by atoms with van der Waals surface area (Å²) in [5.74, 6) is -5.20. The number of aliphatic hydroxyl groups excluding tert-OH is 6. The quantitative estimate of drug-likeness (QED) is 0.0327. The van der Waals surface area contributed by atoms with Crippen LogP contribution in [-0.4, -0.2) is 153 Å². The molecule has 2 saturated heterocycles. The third-order valence-corrected chi connectivity index (χ3v) is 9.48. The number of ether oxygens (including phenoxy) is 7. The number of carboxylic acids is 1. The normalized spacial score (nSPS) is 28.8. The Kier molecular flexibility index (Phi) is 13.3. The molecule has 3 aromatic rings. The van der Waals surface area contributed by atoms with Crippen molar-refractivity contribution in [1.29, 1.82) is 0 Å². The predicted octanol–water partition coefficient (Wildman–Crippen LogP) is -0.869. The van der Waals surface area contributed by atoms with Gasteiger partial charge in [-0.15, -0.1) is 0 Å². The molecule has 21 nitrogen and oxygen atoms in total. The van der Waals surface area contributed by atoms with E-state index in [1.54, 1.807) is 0 Å². The summed E-state index contributed by atoms with van der Waals surface area (Å²) in [6, 6.07) is 11.8. The minimum Gasteiger partial charge on any atom is -0.571 e. The smallest absolute Gasteiger partial charge is 0.330 e. The largest absolute Gasteiger partial charge is 0.571 e. The minimum absolute atomic E-state index is 0.0452. The average molecular weight is 846 g/mol. The van der Waals surface area contributed by atoms with E-state index in [4.69, 9.17) is 33.5 Å². The van der Waals surface area contributed by atoms with Crippen LogP contribution in [0.15, 0.2) is 66.4 Å². The van der Waals surface area contributed by atoms with Crippen LogP contribution in [0.3, 0.4) is 0 Å². The molecule has 0 aromatic heterocycles. The highest BCUT2D eigenvalue weighted by Crippen LogP contribution is 2.46. The summed E-state index contributed by atoms with van der Waals surface area (Å²) in [6.07, 6.45) is -16.4. The maximum Gasteiger partial charge on any atom is 0.330 e. The first-order valence-electron chi connectivity index (χ1n) is 18.0. The van der Waals surface area contributed by atoms with Crippen molar-refractivity contribution in [2.24, 2.45) is 0 Å². The lowest BCUT2D eigenvalue weighted by molar-refractivity contribution is -0.296. The van der Waals surface area contributed by atoms with Crippen LogP contribution in [-0.2, 0) is 38.1 Å². The highest BCUT2D eigenvalue weighted by molar-refractivity contribution is 5.90. The van der Waals surface area contributed by atoms with Crippen molar-refractivity contribution in [3.63, 3.8) is 0 Å². The standard InChI is InChI=1S/C39H40O21/c40-18-5-3-17(4-6-18)37-25(58-39-36(53)34(51)31(48)26(60-39)14-54-29(46)8-2-16-1-7-21(42)22(43)9-16)12-20-23(56-37)10-19(41)11-24(20)57-38-35(52)33(50)32(49)27(59-38)15-55-30(47)13-28(44)45/h1-12,26-27,31-43,48-53H,13-15H2,(H,44,45)/p+1. The molecular formula is C39H41O21+. The Morgan fingerprint density at radius 3 is 1.92 bits per heavy atom. The van der Waals surface area contributed by atoms with Gasteiger partial charge in [-0.05, 0) is 48.0 Å². The Labute approximate surface area is 338 Å². The molecule has 0 amide bonds. The fourth-order valence-electron chi connectivity index (χ4n) is 6.30. The van der Waals surface area contributed by atoms with E-state index in [9.17, 15) is 65.4 Å². The van der Waals surface area contributed by atoms with Gasteiger partial charge in [-0.3, -0.25) is 9.59 Å². The number of esters is 2. The number of hydrogen-bond acceptors (Lipinski definition) is 19. The van der Waals surface area contributed by atoms with Gasteiger partial charge in [0.1, 0.15) is 91.3 Å². The van der Waals surface area contributed by atoms with E-state index in [2.05, 4.69) is 4.74 Å². The number of fused-ring (bicyclic) bond motifs is 1. The average Bonchev–Trinajstić information content (AvgIpc) is 3.20. The first kappa shape index (κ1) is 43.4. The lowest BCUT2D eigenvalue weighted by atomic mass is 9.98. The molecule has 0 spiro atoms. The summed E-state index contributed by atoms with van der Waals surface area (Å²) >= 11 is 0. The second-order valence-corrected chi connectivity index (χ2v) is 13.8. The second-order valence-electron chi connectivity index (χ2n) is 13.8. The zero-order valence-electron chi connectivity index (χ0n) is 30.9. The van der Waals surface area contributed by atoms with Crippen LogP contribution in [0.4, 0.5) is 0 Å². The van der Waals surface area contributed by atoms with Gasteiger partial charge in [-0.2, -0.15) is 0 Å². The van der Waals surface area contributed by atoms with E-state index in [1.807, 2.05) is 0 Å². The fourth-order valence-corrected chi connectivity index (χ4v) is 6.30. The lowest BCUT2D eigenvalue weighted by Crippen LogP contribution is -2.60. The molecule has 0 saturated carbocycles. The van der Waals surface area contributed by atoms with Crippen LogP contribution in [0.5, 0.6) is 34.5 Å². The number of aliphatic hydroxyl groups is 7. The molecule has 3 aliphatic rings. The van der Waals surface area contributed by atoms with Gasteiger partial charge in [0.25, 0.3) is 11.9 Å². The number of carbonyl (C=O) groups is 3. The molecule has 12 N–H and O–H groups in total. The van der Waals surface area contributed by atoms with Crippen LogP contribution >= 0.6 is 0 Å². The summed E-state index contributed by atoms with van der Waals surface area (Å²) in [7, 11) is 0. The van der Waals surface area contributed by atoms with Gasteiger partial charge in [0, 0.05) is 18.2 Å². The van der Waals surface area contributed by atoms with Gasteiger partial charge in [0.2, 0.25) is 12.6 Å². The number of aromatic hydroxyl groups is 5. The van der Waals surface area contributed by atoms with Crippen molar-refractivity contribution >= 4 is 30.1 Å². The van der Waals surface area contributed by atoms with Gasteiger partial charge in [-0.25, -0.2) is 4.79 Å². The first-order chi connectivity index (χ1) is 28.5. The van der Waals surface area contributed by atoms with E-state index in [-0.39, 0.29) is 34.3 Å². The first-order valence-corrected chi connectivity index (χ1v) is 18.0. The molecule has 60 heavy (non-hydrogen) atoms. The lowest BCUT2D eigenvalue weighted by Gasteiger charge is -2.41. The third-order valence-electron chi connectivity index (χ3n) is 9.48. The van der Waals surface area contributed by atoms with Gasteiger partial charge < -0.3 is 89.3 Å². The zero-order valence-corrected chi connectivity index (χ0v) is 30.9. The van der Waals surface area contributed by atoms with Crippen molar-refractivity contribution in [2.75, 3.05) is 13.2 Å². The van der Waals surface area contributed by atoms with Crippen molar-refractivity contribution in [1.82, 2.24) is 0 Å². The highest BCUT2D eigenvalue weighted by Gasteiger charge is 2.48. The summed E-state index contributed by atoms with van der Waals surface area (Å²) < 4.78 is 38.1. The van der Waals surface area contributed by atoms with Gasteiger partial charge in [0.15, 0.2) is 17.3 Å². The van der Waals surface area contributed by atoms with Crippen LogP contribution in [0.1, 0.15) is 29.2 Å². The van der Waals surface area contributed by atoms with Crippen LogP contribution < -0.4 is 4.74 Å². The Bertz CT molecular complexity index is 2100. The molecule has 11 atom stereocenters. The summed E-state index contributed by atoms with van der Waals surface area (Å²) in [5, 5.41) is 113. The number of rotatable bonds is 13. The summed E-state index contributed by atoms with van der Waals surface area (Å²) in [6.45, 7) is -1.40. The van der Waals surface area contributed by atoms with Gasteiger partial charge in [-0.1, -0.05) is 6.07 Å². The van der Waals surface area contributed by atoms with Crippen LogP contribution in [0.25, 0.3) is 12.2 Å². The molecular weight excluding hydrogens is 804 g/mol. The van der Waals surface area contributed by atoms with Crippen molar-refractivity contribution in [2.45, 2.75) is 73.9 Å².